The first-order chi connectivity index (χ1) is 15.9. The molecule has 7 heteroatoms. The molecule has 3 heterocycles. The van der Waals surface area contributed by atoms with Crippen molar-refractivity contribution < 1.29 is 14.4 Å². The summed E-state index contributed by atoms with van der Waals surface area (Å²) in [5, 5.41) is 4.00. The van der Waals surface area contributed by atoms with Crippen molar-refractivity contribution in [1.82, 2.24) is 15.2 Å². The van der Waals surface area contributed by atoms with Gasteiger partial charge in [0.1, 0.15) is 6.04 Å². The molecule has 5 rings (SSSR count). The minimum Gasteiger partial charge on any atom is -0.356 e. The van der Waals surface area contributed by atoms with Gasteiger partial charge in [-0.1, -0.05) is 44.2 Å². The van der Waals surface area contributed by atoms with Gasteiger partial charge in [0.05, 0.1) is 17.3 Å². The minimum absolute atomic E-state index is 0.277. The number of para-hydroxylation sites is 2. The Hall–Kier alpha value is -3.61. The number of amides is 4. The summed E-state index contributed by atoms with van der Waals surface area (Å²) in [5.74, 6) is -0.0981. The third kappa shape index (κ3) is 3.39. The van der Waals surface area contributed by atoms with Crippen LogP contribution in [-0.2, 0) is 11.2 Å². The van der Waals surface area contributed by atoms with Crippen molar-refractivity contribution in [2.75, 3.05) is 11.4 Å². The Labute approximate surface area is 192 Å². The van der Waals surface area contributed by atoms with Crippen LogP contribution in [0.2, 0.25) is 0 Å². The molecule has 1 saturated heterocycles. The molecule has 0 saturated carbocycles. The number of nitrogens with zero attached hydrogens (tertiary/aromatic N) is 2. The van der Waals surface area contributed by atoms with Gasteiger partial charge in [0, 0.05) is 29.6 Å². The number of imide groups is 1. The molecule has 7 nitrogen and oxygen atoms in total. The Balaban J connectivity index is 1.48. The molecule has 1 aromatic heterocycles. The lowest BCUT2D eigenvalue weighted by Crippen LogP contribution is -2.42. The SMILES string of the molecule is CC(C)CCNC(=O)c1ccccc1N1C(=O)C2Cc3c([nH]c4ccccc34)C(C)N2C1=O. The van der Waals surface area contributed by atoms with E-state index in [9.17, 15) is 14.4 Å². The summed E-state index contributed by atoms with van der Waals surface area (Å²) in [5.41, 5.74) is 3.73. The van der Waals surface area contributed by atoms with E-state index in [1.54, 1.807) is 29.2 Å². The van der Waals surface area contributed by atoms with E-state index in [-0.39, 0.29) is 23.9 Å². The number of aromatic amines is 1. The third-order valence-corrected chi connectivity index (χ3v) is 6.73. The number of hydrogen-bond donors (Lipinski definition) is 2. The molecule has 0 spiro atoms. The van der Waals surface area contributed by atoms with Gasteiger partial charge >= 0.3 is 6.03 Å². The summed E-state index contributed by atoms with van der Waals surface area (Å²) < 4.78 is 0. The van der Waals surface area contributed by atoms with Crippen LogP contribution < -0.4 is 10.2 Å². The number of hydrogen-bond acceptors (Lipinski definition) is 3. The van der Waals surface area contributed by atoms with Crippen molar-refractivity contribution in [3.63, 3.8) is 0 Å². The molecule has 1 fully saturated rings. The van der Waals surface area contributed by atoms with Gasteiger partial charge in [-0.25, -0.2) is 9.69 Å². The van der Waals surface area contributed by atoms with E-state index in [1.807, 2.05) is 31.2 Å². The maximum Gasteiger partial charge on any atom is 0.332 e. The van der Waals surface area contributed by atoms with Crippen LogP contribution in [0.5, 0.6) is 0 Å². The highest BCUT2D eigenvalue weighted by molar-refractivity contribution is 6.24. The number of carbonyl (C=O) groups excluding carboxylic acids is 3. The highest BCUT2D eigenvalue weighted by Crippen LogP contribution is 2.42. The minimum atomic E-state index is -0.587. The lowest BCUT2D eigenvalue weighted by atomic mass is 9.93. The zero-order chi connectivity index (χ0) is 23.3. The fourth-order valence-corrected chi connectivity index (χ4v) is 5.01. The van der Waals surface area contributed by atoms with Crippen LogP contribution >= 0.6 is 0 Å². The first kappa shape index (κ1) is 21.2. The highest BCUT2D eigenvalue weighted by atomic mass is 16.2. The summed E-state index contributed by atoms with van der Waals surface area (Å²) in [7, 11) is 0. The number of benzene rings is 2. The van der Waals surface area contributed by atoms with Gasteiger partial charge in [0.2, 0.25) is 0 Å². The van der Waals surface area contributed by atoms with E-state index in [1.165, 1.54) is 4.90 Å². The Morgan fingerprint density at radius 3 is 2.64 bits per heavy atom. The molecule has 0 aliphatic carbocycles. The van der Waals surface area contributed by atoms with Crippen molar-refractivity contribution in [1.29, 1.82) is 0 Å². The normalized spacial score (nSPS) is 19.9. The predicted molar refractivity (Wildman–Crippen MR) is 127 cm³/mol. The van der Waals surface area contributed by atoms with E-state index in [4.69, 9.17) is 0 Å². The maximum atomic E-state index is 13.6. The van der Waals surface area contributed by atoms with E-state index in [0.717, 1.165) is 28.6 Å². The van der Waals surface area contributed by atoms with Crippen LogP contribution in [0.25, 0.3) is 10.9 Å². The van der Waals surface area contributed by atoms with Gasteiger partial charge in [0.25, 0.3) is 11.8 Å². The number of nitrogens with one attached hydrogen (secondary N) is 2. The standard InChI is InChI=1S/C26H28N4O3/c1-15(2)12-13-27-24(31)18-9-5-7-11-21(18)30-25(32)22-14-19-17-8-4-6-10-20(17)28-23(19)16(3)29(22)26(30)33/h4-11,15-16,22,28H,12-14H2,1-3H3,(H,27,31). The van der Waals surface area contributed by atoms with Crippen LogP contribution in [0, 0.1) is 5.92 Å². The molecule has 2 N–H and O–H groups in total. The maximum absolute atomic E-state index is 13.6. The largest absolute Gasteiger partial charge is 0.356 e. The summed E-state index contributed by atoms with van der Waals surface area (Å²) in [4.78, 5) is 46.3. The molecule has 2 aliphatic rings. The Morgan fingerprint density at radius 1 is 1.12 bits per heavy atom. The Bertz CT molecular complexity index is 1260. The second-order valence-electron chi connectivity index (χ2n) is 9.28. The lowest BCUT2D eigenvalue weighted by molar-refractivity contribution is -0.120. The molecule has 2 aromatic carbocycles. The van der Waals surface area contributed by atoms with Crippen LogP contribution in [0.3, 0.4) is 0 Å². The van der Waals surface area contributed by atoms with Crippen molar-refractivity contribution in [2.24, 2.45) is 5.92 Å². The van der Waals surface area contributed by atoms with Gasteiger partial charge in [-0.05, 0) is 43.0 Å². The molecule has 3 aromatic rings. The summed E-state index contributed by atoms with van der Waals surface area (Å²) in [6, 6.07) is 13.6. The van der Waals surface area contributed by atoms with Gasteiger partial charge in [-0.15, -0.1) is 0 Å². The molecular formula is C26H28N4O3. The van der Waals surface area contributed by atoms with Crippen LogP contribution in [-0.4, -0.2) is 40.3 Å². The zero-order valence-corrected chi connectivity index (χ0v) is 19.1. The second-order valence-corrected chi connectivity index (χ2v) is 9.28. The number of fused-ring (bicyclic) bond motifs is 4. The number of aromatic nitrogens is 1. The second kappa shape index (κ2) is 8.06. The molecule has 2 aliphatic heterocycles. The van der Waals surface area contributed by atoms with Gasteiger partial charge in [0.15, 0.2) is 0 Å². The van der Waals surface area contributed by atoms with Crippen molar-refractivity contribution in [3.05, 3.63) is 65.4 Å². The van der Waals surface area contributed by atoms with E-state index >= 15 is 0 Å². The summed E-state index contributed by atoms with van der Waals surface area (Å²) in [6.45, 7) is 6.68. The fourth-order valence-electron chi connectivity index (χ4n) is 5.01. The number of carbonyl (C=O) groups is 3. The van der Waals surface area contributed by atoms with Crippen molar-refractivity contribution in [2.45, 2.75) is 45.7 Å². The quantitative estimate of drug-likeness (QED) is 0.572. The van der Waals surface area contributed by atoms with Crippen molar-refractivity contribution >= 4 is 34.4 Å². The molecule has 33 heavy (non-hydrogen) atoms. The topological polar surface area (TPSA) is 85.5 Å². The summed E-state index contributed by atoms with van der Waals surface area (Å²) in [6.07, 6.45) is 1.31. The molecule has 0 radical (unpaired) electrons. The summed E-state index contributed by atoms with van der Waals surface area (Å²) >= 11 is 0. The number of anilines is 1. The first-order valence-electron chi connectivity index (χ1n) is 11.5. The van der Waals surface area contributed by atoms with E-state index in [2.05, 4.69) is 24.1 Å². The third-order valence-electron chi connectivity index (χ3n) is 6.73. The molecule has 0 bridgehead atoms. The average Bonchev–Trinajstić information content (AvgIpc) is 3.29. The van der Waals surface area contributed by atoms with E-state index < -0.39 is 6.04 Å². The number of rotatable bonds is 5. The molecule has 2 unspecified atom stereocenters. The smallest absolute Gasteiger partial charge is 0.332 e. The Morgan fingerprint density at radius 2 is 1.85 bits per heavy atom. The first-order valence-corrected chi connectivity index (χ1v) is 11.5. The van der Waals surface area contributed by atoms with Gasteiger partial charge in [-0.2, -0.15) is 0 Å². The molecule has 170 valence electrons. The van der Waals surface area contributed by atoms with Crippen LogP contribution in [0.1, 0.15) is 54.8 Å². The van der Waals surface area contributed by atoms with Crippen LogP contribution in [0.4, 0.5) is 10.5 Å². The molecule has 4 amide bonds. The number of urea groups is 1. The predicted octanol–water partition coefficient (Wildman–Crippen LogP) is 4.40. The van der Waals surface area contributed by atoms with Gasteiger partial charge < -0.3 is 15.2 Å². The van der Waals surface area contributed by atoms with Gasteiger partial charge in [-0.3, -0.25) is 9.59 Å². The molecular weight excluding hydrogens is 416 g/mol. The van der Waals surface area contributed by atoms with Crippen molar-refractivity contribution in [3.8, 4) is 0 Å². The number of H-pyrrole nitrogens is 1. The highest BCUT2D eigenvalue weighted by Gasteiger charge is 2.52. The average molecular weight is 445 g/mol. The Kier molecular flexibility index (Phi) is 5.19. The lowest BCUT2D eigenvalue weighted by Gasteiger charge is -2.33. The monoisotopic (exact) mass is 444 g/mol. The zero-order valence-electron chi connectivity index (χ0n) is 19.1. The van der Waals surface area contributed by atoms with E-state index in [0.29, 0.717) is 30.1 Å². The molecule has 2 atom stereocenters. The fraction of sp³-hybridized carbons (Fsp3) is 0.346. The van der Waals surface area contributed by atoms with Crippen LogP contribution in [0.15, 0.2) is 48.5 Å².